The van der Waals surface area contributed by atoms with Crippen LogP contribution < -0.4 is 28.4 Å². The van der Waals surface area contributed by atoms with Crippen molar-refractivity contribution in [3.63, 3.8) is 0 Å². The maximum absolute atomic E-state index is 13.8. The van der Waals surface area contributed by atoms with Crippen molar-refractivity contribution in [1.29, 1.82) is 0 Å². The maximum atomic E-state index is 13.8. The van der Waals surface area contributed by atoms with E-state index in [1.54, 1.807) is 12.1 Å². The topological polar surface area (TPSA) is 206 Å². The second kappa shape index (κ2) is 21.3. The van der Waals surface area contributed by atoms with Crippen LogP contribution in [0.1, 0.15) is 43.1 Å². The number of hydrogen-bond donors (Lipinski definition) is 2. The second-order valence-corrected chi connectivity index (χ2v) is 18.5. The number of nitrogens with one attached hydrogen (secondary N) is 2. The van der Waals surface area contributed by atoms with Gasteiger partial charge in [0.05, 0.1) is 37.9 Å². The molecular weight excluding hydrogens is 980 g/mol. The average Bonchev–Trinajstić information content (AvgIpc) is 3.21. The van der Waals surface area contributed by atoms with E-state index < -0.39 is 43.8 Å². The van der Waals surface area contributed by atoms with Crippen molar-refractivity contribution in [2.24, 2.45) is 0 Å². The summed E-state index contributed by atoms with van der Waals surface area (Å²) in [6, 6.07) is 20.0. The molecule has 0 aliphatic carbocycles. The summed E-state index contributed by atoms with van der Waals surface area (Å²) in [7, 11) is -4.77. The number of rotatable bonds is 14. The predicted octanol–water partition coefficient (Wildman–Crippen LogP) is 9.84. The standard InChI is InChI=1S/C21H16Cl2F2N2O5S.C21H16Cl2N2O6S/c1-31-18-6-11(20(28)27-33(2,29)30)3-4-16(18)12-5-17(19(24)25)21(26-10-12)32-15-8-13(22)7-14(23)9-15;1-30-19-6-12(20(27)25-32(2,28)29)3-4-18(19)13-5-14(11-26)21(24-10-13)31-17-8-15(22)7-16(23)9-17/h3-10,19H,1-2H3,(H,27,28);3-11H,1-2H3,(H,25,27). The van der Waals surface area contributed by atoms with Crippen LogP contribution in [-0.2, 0) is 20.0 Å². The fourth-order valence-corrected chi connectivity index (χ4v) is 7.56. The van der Waals surface area contributed by atoms with Crippen LogP contribution in [0.2, 0.25) is 20.1 Å². The van der Waals surface area contributed by atoms with E-state index in [-0.39, 0.29) is 61.3 Å². The van der Waals surface area contributed by atoms with E-state index >= 15 is 0 Å². The van der Waals surface area contributed by atoms with Gasteiger partial charge in [0, 0.05) is 65.9 Å². The Kier molecular flexibility index (Phi) is 16.3. The molecule has 0 saturated carbocycles. The lowest BCUT2D eigenvalue weighted by molar-refractivity contribution is 0.0972. The lowest BCUT2D eigenvalue weighted by Crippen LogP contribution is -2.29. The first-order valence-corrected chi connectivity index (χ1v) is 23.3. The van der Waals surface area contributed by atoms with Crippen LogP contribution in [0.5, 0.6) is 34.8 Å². The number of benzene rings is 4. The first kappa shape index (κ1) is 49.9. The van der Waals surface area contributed by atoms with Crippen LogP contribution >= 0.6 is 46.4 Å². The zero-order valence-electron chi connectivity index (χ0n) is 33.9. The molecule has 23 heteroatoms. The van der Waals surface area contributed by atoms with Gasteiger partial charge in [-0.15, -0.1) is 0 Å². The summed E-state index contributed by atoms with van der Waals surface area (Å²) >= 11 is 23.8. The van der Waals surface area contributed by atoms with E-state index in [4.69, 9.17) is 65.4 Å². The third kappa shape index (κ3) is 14.0. The van der Waals surface area contributed by atoms with E-state index in [0.717, 1.165) is 12.5 Å². The van der Waals surface area contributed by atoms with Crippen molar-refractivity contribution < 1.29 is 58.9 Å². The minimum absolute atomic E-state index is 0.000792. The summed E-state index contributed by atoms with van der Waals surface area (Å²) in [5.74, 6) is -1.09. The molecule has 0 fully saturated rings. The molecule has 2 amide bonds. The SMILES string of the molecule is COc1cc(C(=O)NS(C)(=O)=O)ccc1-c1cnc(Oc2cc(Cl)cc(Cl)c2)c(C(F)F)c1.COc1cc(C(=O)NS(C)(=O)=O)ccc1-c1cnc(Oc2cc(Cl)cc(Cl)c2)c(C=O)c1. The Morgan fingerprint density at radius 3 is 1.40 bits per heavy atom. The molecule has 340 valence electrons. The number of alkyl halides is 2. The second-order valence-electron chi connectivity index (χ2n) is 13.3. The molecule has 0 atom stereocenters. The number of hydrogen-bond acceptors (Lipinski definition) is 13. The summed E-state index contributed by atoms with van der Waals surface area (Å²) in [6.07, 6.45) is 2.13. The van der Waals surface area contributed by atoms with Crippen molar-refractivity contribution in [1.82, 2.24) is 19.4 Å². The van der Waals surface area contributed by atoms with Gasteiger partial charge in [0.2, 0.25) is 31.8 Å². The molecule has 2 heterocycles. The Labute approximate surface area is 390 Å². The van der Waals surface area contributed by atoms with Gasteiger partial charge >= 0.3 is 0 Å². The van der Waals surface area contributed by atoms with Gasteiger partial charge in [0.1, 0.15) is 23.0 Å². The van der Waals surface area contributed by atoms with Gasteiger partial charge in [0.25, 0.3) is 18.2 Å². The van der Waals surface area contributed by atoms with Gasteiger partial charge in [-0.1, -0.05) is 46.4 Å². The quantitative estimate of drug-likeness (QED) is 0.0976. The molecule has 0 unspecified atom stereocenters. The highest BCUT2D eigenvalue weighted by atomic mass is 35.5. The lowest BCUT2D eigenvalue weighted by atomic mass is 10.0. The fourth-order valence-electron chi connectivity index (χ4n) is 5.64. The predicted molar refractivity (Wildman–Crippen MR) is 240 cm³/mol. The van der Waals surface area contributed by atoms with E-state index in [9.17, 15) is 40.0 Å². The number of carbonyl (C=O) groups excluding carboxylic acids is 3. The van der Waals surface area contributed by atoms with Crippen LogP contribution in [0.3, 0.4) is 0 Å². The van der Waals surface area contributed by atoms with E-state index in [1.165, 1.54) is 99.4 Å². The summed E-state index contributed by atoms with van der Waals surface area (Å²) in [5, 5.41) is 1.25. The van der Waals surface area contributed by atoms with Crippen LogP contribution in [0.15, 0.2) is 97.3 Å². The first-order valence-electron chi connectivity index (χ1n) is 18.0. The number of sulfonamides is 2. The van der Waals surface area contributed by atoms with E-state index in [0.29, 0.717) is 38.8 Å². The highest BCUT2D eigenvalue weighted by Crippen LogP contribution is 2.39. The molecule has 4 aromatic carbocycles. The number of aldehydes is 1. The number of ether oxygens (including phenoxy) is 4. The number of aromatic nitrogens is 2. The number of halogens is 6. The third-order valence-electron chi connectivity index (χ3n) is 8.33. The van der Waals surface area contributed by atoms with Gasteiger partial charge in [-0.25, -0.2) is 45.0 Å². The number of nitrogens with zero attached hydrogens (tertiary/aromatic N) is 2. The Morgan fingerprint density at radius 1 is 0.615 bits per heavy atom. The smallest absolute Gasteiger partial charge is 0.269 e. The minimum atomic E-state index is -3.77. The van der Waals surface area contributed by atoms with Gasteiger partial charge in [-0.3, -0.25) is 14.4 Å². The molecule has 2 N–H and O–H groups in total. The molecule has 2 aromatic heterocycles. The number of methoxy groups -OCH3 is 2. The molecule has 6 rings (SSSR count). The molecule has 0 radical (unpaired) electrons. The Balaban J connectivity index is 0.000000244. The zero-order valence-corrected chi connectivity index (χ0v) is 38.5. The van der Waals surface area contributed by atoms with Crippen LogP contribution in [0.4, 0.5) is 8.78 Å². The zero-order chi connectivity index (χ0) is 47.8. The molecule has 15 nitrogen and oxygen atoms in total. The highest BCUT2D eigenvalue weighted by Gasteiger charge is 2.22. The summed E-state index contributed by atoms with van der Waals surface area (Å²) in [6.45, 7) is 0. The normalized spacial score (nSPS) is 11.2. The van der Waals surface area contributed by atoms with Gasteiger partial charge in [-0.2, -0.15) is 0 Å². The van der Waals surface area contributed by atoms with Crippen LogP contribution in [-0.4, -0.2) is 71.6 Å². The van der Waals surface area contributed by atoms with E-state index in [2.05, 4.69) is 9.97 Å². The monoisotopic (exact) mass is 1010 g/mol. The summed E-state index contributed by atoms with van der Waals surface area (Å²) < 4.78 is 98.2. The molecule has 0 saturated heterocycles. The van der Waals surface area contributed by atoms with Crippen molar-refractivity contribution in [3.8, 4) is 57.0 Å². The Bertz CT molecular complexity index is 3000. The summed E-state index contributed by atoms with van der Waals surface area (Å²) in [4.78, 5) is 44.1. The average molecular weight is 1010 g/mol. The Morgan fingerprint density at radius 2 is 1.02 bits per heavy atom. The molecule has 6 aromatic rings. The molecule has 0 aliphatic rings. The number of amides is 2. The molecule has 0 spiro atoms. The number of pyridine rings is 2. The Hall–Kier alpha value is -6.09. The van der Waals surface area contributed by atoms with Crippen molar-refractivity contribution >= 4 is 84.6 Å². The summed E-state index contributed by atoms with van der Waals surface area (Å²) in [5.41, 5.74) is 1.38. The van der Waals surface area contributed by atoms with Gasteiger partial charge in [0.15, 0.2) is 6.29 Å². The van der Waals surface area contributed by atoms with Crippen LogP contribution in [0, 0.1) is 0 Å². The minimum Gasteiger partial charge on any atom is -0.496 e. The van der Waals surface area contributed by atoms with Crippen molar-refractivity contribution in [2.45, 2.75) is 6.43 Å². The fraction of sp³-hybridized carbons (Fsp3) is 0.119. The molecule has 0 aliphatic heterocycles. The molecular formula is C42H32Cl4F2N4O11S2. The van der Waals surface area contributed by atoms with Crippen molar-refractivity contribution in [3.05, 3.63) is 140 Å². The molecule has 65 heavy (non-hydrogen) atoms. The van der Waals surface area contributed by atoms with Gasteiger partial charge in [-0.05, 0) is 84.9 Å². The number of carbonyl (C=O) groups is 3. The maximum Gasteiger partial charge on any atom is 0.269 e. The van der Waals surface area contributed by atoms with E-state index in [1.807, 2.05) is 9.44 Å². The van der Waals surface area contributed by atoms with Gasteiger partial charge < -0.3 is 18.9 Å². The molecule has 0 bridgehead atoms. The largest absolute Gasteiger partial charge is 0.496 e. The van der Waals surface area contributed by atoms with Crippen LogP contribution in [0.25, 0.3) is 22.3 Å². The highest BCUT2D eigenvalue weighted by molar-refractivity contribution is 7.89. The third-order valence-corrected chi connectivity index (χ3v) is 10.3. The first-order chi connectivity index (χ1) is 30.6. The lowest BCUT2D eigenvalue weighted by Gasteiger charge is -2.14. The van der Waals surface area contributed by atoms with Crippen molar-refractivity contribution in [2.75, 3.05) is 26.7 Å².